The molecule has 0 bridgehead atoms. The summed E-state index contributed by atoms with van der Waals surface area (Å²) in [7, 11) is 0. The Balaban J connectivity index is 2.04. The zero-order valence-corrected chi connectivity index (χ0v) is 11.9. The van der Waals surface area contributed by atoms with E-state index >= 15 is 0 Å². The van der Waals surface area contributed by atoms with Gasteiger partial charge in [-0.2, -0.15) is 0 Å². The molecule has 0 aliphatic heterocycles. The highest BCUT2D eigenvalue weighted by Gasteiger charge is 2.08. The topological polar surface area (TPSA) is 46.5 Å². The molecule has 0 atom stereocenters. The summed E-state index contributed by atoms with van der Waals surface area (Å²) >= 11 is 6.00. The lowest BCUT2D eigenvalue weighted by molar-refractivity contribution is 0.0697. The van der Waals surface area contributed by atoms with Crippen molar-refractivity contribution >= 4 is 17.6 Å². The normalized spacial score (nSPS) is 10.3. The standard InChI is InChI=1S/C16H15ClO3/c1-2-11-3-5-12(6-4-11)10-20-15-8-7-13(16(18)19)9-14(15)17/h3-9H,2,10H2,1H3,(H,18,19). The fraction of sp³-hybridized carbons (Fsp3) is 0.188. The first-order chi connectivity index (χ1) is 9.60. The number of carboxylic acid groups (broad SMARTS) is 1. The Morgan fingerprint density at radius 2 is 1.80 bits per heavy atom. The molecular weight excluding hydrogens is 276 g/mol. The minimum absolute atomic E-state index is 0.148. The third-order valence-electron chi connectivity index (χ3n) is 3.00. The number of aryl methyl sites for hydroxylation is 1. The van der Waals surface area contributed by atoms with Crippen molar-refractivity contribution in [1.82, 2.24) is 0 Å². The molecule has 2 rings (SSSR count). The van der Waals surface area contributed by atoms with Crippen LogP contribution in [0.2, 0.25) is 5.02 Å². The maximum Gasteiger partial charge on any atom is 0.335 e. The zero-order chi connectivity index (χ0) is 14.5. The van der Waals surface area contributed by atoms with Crippen molar-refractivity contribution in [3.63, 3.8) is 0 Å². The van der Waals surface area contributed by atoms with Crippen molar-refractivity contribution in [2.45, 2.75) is 20.0 Å². The number of hydrogen-bond donors (Lipinski definition) is 1. The van der Waals surface area contributed by atoms with Crippen LogP contribution in [0.5, 0.6) is 5.75 Å². The Morgan fingerprint density at radius 3 is 2.35 bits per heavy atom. The van der Waals surface area contributed by atoms with Crippen molar-refractivity contribution in [3.05, 3.63) is 64.2 Å². The molecule has 0 saturated carbocycles. The Bertz CT molecular complexity index is 606. The first-order valence-electron chi connectivity index (χ1n) is 6.33. The lowest BCUT2D eigenvalue weighted by atomic mass is 10.1. The van der Waals surface area contributed by atoms with E-state index in [1.165, 1.54) is 17.7 Å². The number of carboxylic acids is 1. The van der Waals surface area contributed by atoms with Crippen LogP contribution in [0.25, 0.3) is 0 Å². The summed E-state index contributed by atoms with van der Waals surface area (Å²) in [5, 5.41) is 9.16. The van der Waals surface area contributed by atoms with E-state index in [0.717, 1.165) is 12.0 Å². The van der Waals surface area contributed by atoms with Crippen LogP contribution in [0.3, 0.4) is 0 Å². The van der Waals surface area contributed by atoms with Gasteiger partial charge in [-0.25, -0.2) is 4.79 Å². The number of hydrogen-bond acceptors (Lipinski definition) is 2. The second kappa shape index (κ2) is 6.44. The molecule has 2 aromatic carbocycles. The molecule has 4 heteroatoms. The van der Waals surface area contributed by atoms with Gasteiger partial charge in [-0.15, -0.1) is 0 Å². The van der Waals surface area contributed by atoms with Crippen molar-refractivity contribution in [2.75, 3.05) is 0 Å². The first-order valence-corrected chi connectivity index (χ1v) is 6.71. The van der Waals surface area contributed by atoms with Crippen LogP contribution in [0.15, 0.2) is 42.5 Å². The van der Waals surface area contributed by atoms with Gasteiger partial charge in [0.25, 0.3) is 0 Å². The molecule has 104 valence electrons. The van der Waals surface area contributed by atoms with E-state index in [-0.39, 0.29) is 5.56 Å². The van der Waals surface area contributed by atoms with Crippen molar-refractivity contribution in [1.29, 1.82) is 0 Å². The fourth-order valence-corrected chi connectivity index (χ4v) is 2.02. The molecule has 0 aliphatic carbocycles. The molecule has 3 nitrogen and oxygen atoms in total. The molecule has 0 spiro atoms. The lowest BCUT2D eigenvalue weighted by Gasteiger charge is -2.09. The smallest absolute Gasteiger partial charge is 0.335 e. The number of ether oxygens (including phenoxy) is 1. The summed E-state index contributed by atoms with van der Waals surface area (Å²) < 4.78 is 5.61. The number of carbonyl (C=O) groups is 1. The van der Waals surface area contributed by atoms with Gasteiger partial charge < -0.3 is 9.84 Å². The van der Waals surface area contributed by atoms with Crippen LogP contribution in [0.4, 0.5) is 0 Å². The zero-order valence-electron chi connectivity index (χ0n) is 11.1. The predicted octanol–water partition coefficient (Wildman–Crippen LogP) is 4.18. The highest BCUT2D eigenvalue weighted by Crippen LogP contribution is 2.26. The lowest BCUT2D eigenvalue weighted by Crippen LogP contribution is -1.99. The molecule has 0 aliphatic rings. The number of benzene rings is 2. The van der Waals surface area contributed by atoms with Crippen molar-refractivity contribution < 1.29 is 14.6 Å². The van der Waals surface area contributed by atoms with Crippen LogP contribution < -0.4 is 4.74 Å². The van der Waals surface area contributed by atoms with Gasteiger partial charge in [0, 0.05) is 0 Å². The molecule has 0 radical (unpaired) electrons. The number of aromatic carboxylic acids is 1. The van der Waals surface area contributed by atoms with E-state index in [9.17, 15) is 4.79 Å². The largest absolute Gasteiger partial charge is 0.487 e. The highest BCUT2D eigenvalue weighted by molar-refractivity contribution is 6.32. The maximum atomic E-state index is 10.8. The maximum absolute atomic E-state index is 10.8. The molecule has 0 heterocycles. The van der Waals surface area contributed by atoms with Gasteiger partial charge in [-0.05, 0) is 35.7 Å². The van der Waals surface area contributed by atoms with Gasteiger partial charge >= 0.3 is 5.97 Å². The number of halogens is 1. The average Bonchev–Trinajstić information content (AvgIpc) is 2.46. The van der Waals surface area contributed by atoms with Crippen molar-refractivity contribution in [2.24, 2.45) is 0 Å². The van der Waals surface area contributed by atoms with Gasteiger partial charge in [0.15, 0.2) is 0 Å². The van der Waals surface area contributed by atoms with Gasteiger partial charge in [0.05, 0.1) is 10.6 Å². The summed E-state index contributed by atoms with van der Waals surface area (Å²) in [6.07, 6.45) is 1.00. The van der Waals surface area contributed by atoms with Crippen LogP contribution in [0.1, 0.15) is 28.4 Å². The second-order valence-electron chi connectivity index (χ2n) is 4.41. The third kappa shape index (κ3) is 3.52. The Labute approximate surface area is 122 Å². The van der Waals surface area contributed by atoms with Crippen LogP contribution >= 0.6 is 11.6 Å². The summed E-state index contributed by atoms with van der Waals surface area (Å²) in [4.78, 5) is 10.8. The quantitative estimate of drug-likeness (QED) is 0.898. The van der Waals surface area contributed by atoms with Gasteiger partial charge in [0.1, 0.15) is 12.4 Å². The minimum atomic E-state index is -1.01. The van der Waals surface area contributed by atoms with E-state index in [4.69, 9.17) is 21.4 Å². The van der Waals surface area contributed by atoms with Crippen LogP contribution in [-0.2, 0) is 13.0 Å². The SMILES string of the molecule is CCc1ccc(COc2ccc(C(=O)O)cc2Cl)cc1. The summed E-state index contributed by atoms with van der Waals surface area (Å²) in [5.41, 5.74) is 2.47. The molecular formula is C16H15ClO3. The Morgan fingerprint density at radius 1 is 1.15 bits per heavy atom. The Kier molecular flexibility index (Phi) is 4.64. The minimum Gasteiger partial charge on any atom is -0.487 e. The molecule has 0 unspecified atom stereocenters. The van der Waals surface area contributed by atoms with Gasteiger partial charge in [0.2, 0.25) is 0 Å². The molecule has 0 aromatic heterocycles. The van der Waals surface area contributed by atoms with Gasteiger partial charge in [-0.1, -0.05) is 42.8 Å². The third-order valence-corrected chi connectivity index (χ3v) is 3.30. The fourth-order valence-electron chi connectivity index (χ4n) is 1.78. The molecule has 20 heavy (non-hydrogen) atoms. The molecule has 0 fully saturated rings. The van der Waals surface area contributed by atoms with E-state index in [1.54, 1.807) is 6.07 Å². The summed E-state index contributed by atoms with van der Waals surface area (Å²) in [6.45, 7) is 2.51. The predicted molar refractivity (Wildman–Crippen MR) is 78.6 cm³/mol. The van der Waals surface area contributed by atoms with E-state index in [2.05, 4.69) is 19.1 Å². The average molecular weight is 291 g/mol. The Hall–Kier alpha value is -2.00. The molecule has 2 aromatic rings. The van der Waals surface area contributed by atoms with E-state index in [1.807, 2.05) is 12.1 Å². The van der Waals surface area contributed by atoms with Crippen molar-refractivity contribution in [3.8, 4) is 5.75 Å². The molecule has 0 amide bonds. The van der Waals surface area contributed by atoms with Crippen LogP contribution in [0, 0.1) is 0 Å². The first kappa shape index (κ1) is 14.4. The number of rotatable bonds is 5. The summed E-state index contributed by atoms with van der Waals surface area (Å²) in [5.74, 6) is -0.523. The monoisotopic (exact) mass is 290 g/mol. The second-order valence-corrected chi connectivity index (χ2v) is 4.82. The van der Waals surface area contributed by atoms with Crippen LogP contribution in [-0.4, -0.2) is 11.1 Å². The van der Waals surface area contributed by atoms with E-state index in [0.29, 0.717) is 17.4 Å². The molecule has 1 N–H and O–H groups in total. The van der Waals surface area contributed by atoms with E-state index < -0.39 is 5.97 Å². The summed E-state index contributed by atoms with van der Waals surface area (Å²) in [6, 6.07) is 12.6. The molecule has 0 saturated heterocycles. The van der Waals surface area contributed by atoms with Gasteiger partial charge in [-0.3, -0.25) is 0 Å². The highest BCUT2D eigenvalue weighted by atomic mass is 35.5.